The number of carboxylic acid groups (broad SMARTS) is 2. The van der Waals surface area contributed by atoms with Gasteiger partial charge in [0.2, 0.25) is 0 Å². The first kappa shape index (κ1) is 15.9. The molecule has 5 nitrogen and oxygen atoms in total. The Bertz CT molecular complexity index is 480. The Balaban J connectivity index is 0.000000221. The van der Waals surface area contributed by atoms with Gasteiger partial charge in [0, 0.05) is 18.7 Å². The Labute approximate surface area is 117 Å². The van der Waals surface area contributed by atoms with E-state index in [4.69, 9.17) is 10.2 Å². The summed E-state index contributed by atoms with van der Waals surface area (Å²) in [5, 5.41) is 19.1. The van der Waals surface area contributed by atoms with Crippen LogP contribution in [0.1, 0.15) is 24.0 Å². The molecule has 0 aliphatic carbocycles. The summed E-state index contributed by atoms with van der Waals surface area (Å²) in [6.45, 7) is 4.54. The first-order chi connectivity index (χ1) is 9.50. The molecule has 0 bridgehead atoms. The van der Waals surface area contributed by atoms with Gasteiger partial charge < -0.3 is 15.5 Å². The van der Waals surface area contributed by atoms with Crippen molar-refractivity contribution >= 4 is 11.9 Å². The van der Waals surface area contributed by atoms with Crippen LogP contribution in [0, 0.1) is 0 Å². The maximum atomic E-state index is 9.55. The van der Waals surface area contributed by atoms with Crippen molar-refractivity contribution in [3.8, 4) is 0 Å². The van der Waals surface area contributed by atoms with E-state index in [0.29, 0.717) is 18.1 Å². The van der Waals surface area contributed by atoms with Gasteiger partial charge in [-0.1, -0.05) is 31.2 Å². The second-order valence-electron chi connectivity index (χ2n) is 4.56. The third-order valence-electron chi connectivity index (χ3n) is 2.98. The molecule has 0 saturated carbocycles. The number of fused-ring (bicyclic) bond motifs is 1. The summed E-state index contributed by atoms with van der Waals surface area (Å²) in [6, 6.07) is 8.78. The summed E-state index contributed by atoms with van der Waals surface area (Å²) in [5.74, 6) is -1.84. The van der Waals surface area contributed by atoms with Crippen molar-refractivity contribution in [3.05, 3.63) is 47.5 Å². The second kappa shape index (κ2) is 8.12. The lowest BCUT2D eigenvalue weighted by molar-refractivity contribution is -0.134. The fourth-order valence-electron chi connectivity index (χ4n) is 2.04. The summed E-state index contributed by atoms with van der Waals surface area (Å²) >= 11 is 0. The van der Waals surface area contributed by atoms with Crippen LogP contribution in [-0.2, 0) is 16.0 Å². The lowest BCUT2D eigenvalue weighted by atomic mass is 9.96. The minimum Gasteiger partial charge on any atom is -0.478 e. The molecule has 0 spiro atoms. The van der Waals surface area contributed by atoms with Crippen LogP contribution >= 0.6 is 0 Å². The van der Waals surface area contributed by atoms with Crippen LogP contribution in [0.3, 0.4) is 0 Å². The van der Waals surface area contributed by atoms with E-state index in [1.54, 1.807) is 0 Å². The van der Waals surface area contributed by atoms with Gasteiger partial charge in [-0.15, -0.1) is 0 Å². The third-order valence-corrected chi connectivity index (χ3v) is 2.98. The largest absolute Gasteiger partial charge is 0.478 e. The first-order valence-electron chi connectivity index (χ1n) is 6.43. The van der Waals surface area contributed by atoms with Crippen molar-refractivity contribution in [2.75, 3.05) is 13.1 Å². The Hall–Kier alpha value is -2.14. The zero-order valence-electron chi connectivity index (χ0n) is 11.4. The Morgan fingerprint density at radius 2 is 1.80 bits per heavy atom. The van der Waals surface area contributed by atoms with Gasteiger partial charge in [0.05, 0.1) is 0 Å². The molecule has 1 unspecified atom stereocenters. The topological polar surface area (TPSA) is 86.6 Å². The molecule has 1 aromatic carbocycles. The third kappa shape index (κ3) is 5.67. The number of hydrogen-bond donors (Lipinski definition) is 3. The van der Waals surface area contributed by atoms with Crippen molar-refractivity contribution in [2.24, 2.45) is 0 Å². The molecule has 1 aromatic rings. The molecule has 2 rings (SSSR count). The van der Waals surface area contributed by atoms with Crippen LogP contribution in [0.25, 0.3) is 0 Å². The van der Waals surface area contributed by atoms with Gasteiger partial charge in [0.25, 0.3) is 0 Å². The van der Waals surface area contributed by atoms with E-state index in [1.807, 2.05) is 0 Å². The number of benzene rings is 1. The van der Waals surface area contributed by atoms with Crippen molar-refractivity contribution in [2.45, 2.75) is 19.3 Å². The van der Waals surface area contributed by atoms with Crippen molar-refractivity contribution in [1.82, 2.24) is 5.32 Å². The molecular formula is C15H19NO4. The molecule has 1 atom stereocenters. The average molecular weight is 277 g/mol. The Morgan fingerprint density at radius 1 is 1.20 bits per heavy atom. The highest BCUT2D eigenvalue weighted by atomic mass is 16.4. The summed E-state index contributed by atoms with van der Waals surface area (Å²) in [7, 11) is 0. The van der Waals surface area contributed by atoms with E-state index >= 15 is 0 Å². The standard InChI is InChI=1S/C11H15N.C4H4O4/c1-9-8-12-7-6-10-4-2-3-5-11(9)10;5-3(6)1-2-4(7)8/h2-5,9,12H,6-8H2,1H3;1-2H,(H,5,6)(H,7,8)/b;2-1-. The SMILES string of the molecule is CC1CNCCc2ccccc21.O=C(O)/C=C\C(=O)O. The van der Waals surface area contributed by atoms with E-state index in [2.05, 4.69) is 36.5 Å². The fraction of sp³-hybridized carbons (Fsp3) is 0.333. The molecular weight excluding hydrogens is 258 g/mol. The summed E-state index contributed by atoms with van der Waals surface area (Å²) in [5.41, 5.74) is 3.05. The van der Waals surface area contributed by atoms with Crippen LogP contribution in [0.5, 0.6) is 0 Å². The zero-order valence-corrected chi connectivity index (χ0v) is 11.4. The van der Waals surface area contributed by atoms with E-state index in [9.17, 15) is 9.59 Å². The molecule has 1 aliphatic heterocycles. The minimum atomic E-state index is -1.26. The average Bonchev–Trinajstić information content (AvgIpc) is 2.60. The molecule has 5 heteroatoms. The number of carbonyl (C=O) groups is 2. The molecule has 3 N–H and O–H groups in total. The zero-order chi connectivity index (χ0) is 15.0. The van der Waals surface area contributed by atoms with Gasteiger partial charge in [-0.3, -0.25) is 0 Å². The number of carboxylic acids is 2. The predicted molar refractivity (Wildman–Crippen MR) is 75.8 cm³/mol. The highest BCUT2D eigenvalue weighted by Crippen LogP contribution is 2.21. The molecule has 0 saturated heterocycles. The van der Waals surface area contributed by atoms with Gasteiger partial charge in [0.15, 0.2) is 0 Å². The molecule has 108 valence electrons. The monoisotopic (exact) mass is 277 g/mol. The quantitative estimate of drug-likeness (QED) is 0.715. The van der Waals surface area contributed by atoms with Crippen molar-refractivity contribution < 1.29 is 19.8 Å². The highest BCUT2D eigenvalue weighted by molar-refractivity contribution is 5.89. The van der Waals surface area contributed by atoms with Crippen molar-refractivity contribution in [3.63, 3.8) is 0 Å². The van der Waals surface area contributed by atoms with Crippen LogP contribution < -0.4 is 5.32 Å². The van der Waals surface area contributed by atoms with Crippen LogP contribution in [0.15, 0.2) is 36.4 Å². The van der Waals surface area contributed by atoms with Crippen LogP contribution in [-0.4, -0.2) is 35.2 Å². The number of aliphatic carboxylic acids is 2. The van der Waals surface area contributed by atoms with E-state index in [0.717, 1.165) is 13.1 Å². The van der Waals surface area contributed by atoms with Gasteiger partial charge in [-0.05, 0) is 30.0 Å². The van der Waals surface area contributed by atoms with E-state index in [1.165, 1.54) is 17.5 Å². The van der Waals surface area contributed by atoms with Gasteiger partial charge in [-0.2, -0.15) is 0 Å². The Morgan fingerprint density at radius 3 is 2.40 bits per heavy atom. The maximum Gasteiger partial charge on any atom is 0.328 e. The number of rotatable bonds is 2. The fourth-order valence-corrected chi connectivity index (χ4v) is 2.04. The lowest BCUT2D eigenvalue weighted by Crippen LogP contribution is -2.18. The second-order valence-corrected chi connectivity index (χ2v) is 4.56. The predicted octanol–water partition coefficient (Wildman–Crippen LogP) is 1.65. The normalized spacial score (nSPS) is 17.6. The number of nitrogens with one attached hydrogen (secondary N) is 1. The lowest BCUT2D eigenvalue weighted by Gasteiger charge is -2.10. The van der Waals surface area contributed by atoms with Crippen LogP contribution in [0.2, 0.25) is 0 Å². The van der Waals surface area contributed by atoms with Gasteiger partial charge >= 0.3 is 11.9 Å². The molecule has 1 heterocycles. The highest BCUT2D eigenvalue weighted by Gasteiger charge is 2.12. The van der Waals surface area contributed by atoms with Crippen molar-refractivity contribution in [1.29, 1.82) is 0 Å². The summed E-state index contributed by atoms with van der Waals surface area (Å²) < 4.78 is 0. The Kier molecular flexibility index (Phi) is 6.46. The first-order valence-corrected chi connectivity index (χ1v) is 6.43. The smallest absolute Gasteiger partial charge is 0.328 e. The number of hydrogen-bond acceptors (Lipinski definition) is 3. The van der Waals surface area contributed by atoms with Gasteiger partial charge in [0.1, 0.15) is 0 Å². The maximum absolute atomic E-state index is 9.55. The van der Waals surface area contributed by atoms with E-state index < -0.39 is 11.9 Å². The van der Waals surface area contributed by atoms with Gasteiger partial charge in [-0.25, -0.2) is 9.59 Å². The molecule has 0 fully saturated rings. The molecule has 0 aromatic heterocycles. The molecule has 0 radical (unpaired) electrons. The summed E-state index contributed by atoms with van der Waals surface area (Å²) in [4.78, 5) is 19.1. The molecule has 20 heavy (non-hydrogen) atoms. The minimum absolute atomic E-state index is 0.558. The van der Waals surface area contributed by atoms with E-state index in [-0.39, 0.29) is 0 Å². The molecule has 0 amide bonds. The molecule has 1 aliphatic rings. The summed E-state index contributed by atoms with van der Waals surface area (Å²) in [6.07, 6.45) is 2.30. The van der Waals surface area contributed by atoms with Crippen LogP contribution in [0.4, 0.5) is 0 Å².